The third kappa shape index (κ3) is 17.7. The zero-order valence-corrected chi connectivity index (χ0v) is 26.8. The zero-order chi connectivity index (χ0) is 30.5. The van der Waals surface area contributed by atoms with E-state index >= 15 is 0 Å². The van der Waals surface area contributed by atoms with Crippen LogP contribution in [0.15, 0.2) is 78.9 Å². The van der Waals surface area contributed by atoms with Crippen LogP contribution in [0, 0.1) is 17.8 Å². The van der Waals surface area contributed by atoms with Gasteiger partial charge >= 0.3 is 0 Å². The Morgan fingerprint density at radius 3 is 1.29 bits per heavy atom. The molecule has 3 heterocycles. The van der Waals surface area contributed by atoms with E-state index in [2.05, 4.69) is 98.0 Å². The Morgan fingerprint density at radius 1 is 0.512 bits per heavy atom. The standard InChI is InChI=1S/C9H9N.C8H8O2.C7H6O2.3C4H10/c1-2-6-9-8(4-1)5-3-7-10-9;1-2-4-8-7(3-1)9-5-6-10-8;1-2-4-7-6(3-1)8-5-9-7;3*1-4(2)3/h1-6,10H,7H2;1-4H,5-6H2;1-4H,5H2;3*4H,1-3H3. The maximum Gasteiger partial charge on any atom is 0.231 e. The SMILES string of the molecule is C1=Cc2ccccc2NC1.CC(C)C.CC(C)C.CC(C)C.c1ccc2c(c1)OCCO2.c1ccc2c(c1)OCO2. The molecule has 0 fully saturated rings. The number of rotatable bonds is 0. The van der Waals surface area contributed by atoms with E-state index in [0.717, 1.165) is 47.3 Å². The Labute approximate surface area is 249 Å². The summed E-state index contributed by atoms with van der Waals surface area (Å²) in [6, 6.07) is 23.6. The van der Waals surface area contributed by atoms with Crippen molar-refractivity contribution in [2.24, 2.45) is 17.8 Å². The van der Waals surface area contributed by atoms with Crippen molar-refractivity contribution in [3.05, 3.63) is 84.4 Å². The topological polar surface area (TPSA) is 49.0 Å². The van der Waals surface area contributed by atoms with Gasteiger partial charge in [0.15, 0.2) is 23.0 Å². The Bertz CT molecular complexity index is 1040. The first-order valence-electron chi connectivity index (χ1n) is 14.8. The number of hydrogen-bond acceptors (Lipinski definition) is 5. The van der Waals surface area contributed by atoms with Crippen LogP contribution in [0.4, 0.5) is 5.69 Å². The van der Waals surface area contributed by atoms with E-state index in [1.54, 1.807) is 0 Å². The number of nitrogens with one attached hydrogen (secondary N) is 1. The molecule has 0 aliphatic carbocycles. The molecular weight excluding hydrogens is 510 g/mol. The highest BCUT2D eigenvalue weighted by molar-refractivity contribution is 5.69. The van der Waals surface area contributed by atoms with E-state index in [9.17, 15) is 0 Å². The highest BCUT2D eigenvalue weighted by Crippen LogP contribution is 2.30. The summed E-state index contributed by atoms with van der Waals surface area (Å²) >= 11 is 0. The van der Waals surface area contributed by atoms with Crippen LogP contribution in [0.2, 0.25) is 0 Å². The van der Waals surface area contributed by atoms with Crippen molar-refractivity contribution in [2.75, 3.05) is 31.9 Å². The van der Waals surface area contributed by atoms with E-state index in [1.807, 2.05) is 54.6 Å². The van der Waals surface area contributed by atoms with Crippen LogP contribution in [0.1, 0.15) is 67.9 Å². The molecule has 0 saturated heterocycles. The van der Waals surface area contributed by atoms with Gasteiger partial charge in [-0.05, 0) is 53.6 Å². The summed E-state index contributed by atoms with van der Waals surface area (Å²) in [5, 5.41) is 3.28. The molecule has 0 amide bonds. The summed E-state index contributed by atoms with van der Waals surface area (Å²) in [7, 11) is 0. The number of hydrogen-bond donors (Lipinski definition) is 1. The average molecular weight is 564 g/mol. The average Bonchev–Trinajstić information content (AvgIpc) is 3.42. The van der Waals surface area contributed by atoms with E-state index < -0.39 is 0 Å². The van der Waals surface area contributed by atoms with Crippen LogP contribution in [-0.4, -0.2) is 26.6 Å². The van der Waals surface area contributed by atoms with Gasteiger partial charge in [0.2, 0.25) is 6.79 Å². The number of para-hydroxylation sites is 5. The fourth-order valence-corrected chi connectivity index (χ4v) is 3.00. The molecule has 3 aromatic rings. The monoisotopic (exact) mass is 563 g/mol. The van der Waals surface area contributed by atoms with Crippen LogP contribution < -0.4 is 24.3 Å². The Morgan fingerprint density at radius 2 is 0.878 bits per heavy atom. The molecule has 0 aromatic heterocycles. The Kier molecular flexibility index (Phi) is 18.3. The van der Waals surface area contributed by atoms with Crippen molar-refractivity contribution in [2.45, 2.75) is 62.3 Å². The van der Waals surface area contributed by atoms with Crippen LogP contribution >= 0.6 is 0 Å². The highest BCUT2D eigenvalue weighted by atomic mass is 16.7. The van der Waals surface area contributed by atoms with Crippen LogP contribution in [0.3, 0.4) is 0 Å². The molecule has 1 N–H and O–H groups in total. The lowest BCUT2D eigenvalue weighted by Gasteiger charge is -2.17. The minimum absolute atomic E-state index is 0.360. The van der Waals surface area contributed by atoms with Gasteiger partial charge in [0.1, 0.15) is 13.2 Å². The molecule has 41 heavy (non-hydrogen) atoms. The number of fused-ring (bicyclic) bond motifs is 3. The summed E-state index contributed by atoms with van der Waals surface area (Å²) < 4.78 is 20.7. The van der Waals surface area contributed by atoms with Gasteiger partial charge in [0, 0.05) is 12.2 Å². The molecule has 0 saturated carbocycles. The first-order valence-corrected chi connectivity index (χ1v) is 14.8. The Balaban J connectivity index is 0.000000259. The third-order valence-corrected chi connectivity index (χ3v) is 4.39. The van der Waals surface area contributed by atoms with E-state index in [1.165, 1.54) is 11.3 Å². The van der Waals surface area contributed by atoms with Crippen molar-refractivity contribution in [3.63, 3.8) is 0 Å². The molecule has 5 heteroatoms. The molecule has 0 bridgehead atoms. The lowest BCUT2D eigenvalue weighted by atomic mass is 10.1. The second-order valence-electron chi connectivity index (χ2n) is 11.6. The predicted octanol–water partition coefficient (Wildman–Crippen LogP) is 9.99. The third-order valence-electron chi connectivity index (χ3n) is 4.39. The minimum atomic E-state index is 0.360. The van der Waals surface area contributed by atoms with Crippen molar-refractivity contribution < 1.29 is 18.9 Å². The Hall–Kier alpha value is -3.60. The fourth-order valence-electron chi connectivity index (χ4n) is 3.00. The number of benzene rings is 3. The first kappa shape index (κ1) is 35.4. The first-order chi connectivity index (χ1) is 19.6. The minimum Gasteiger partial charge on any atom is -0.486 e. The van der Waals surface area contributed by atoms with E-state index in [-0.39, 0.29) is 0 Å². The summed E-state index contributed by atoms with van der Waals surface area (Å²) in [6.45, 7) is 22.1. The zero-order valence-electron chi connectivity index (χ0n) is 26.8. The van der Waals surface area contributed by atoms with Gasteiger partial charge in [0.25, 0.3) is 0 Å². The van der Waals surface area contributed by atoms with Crippen LogP contribution in [0.25, 0.3) is 6.08 Å². The van der Waals surface area contributed by atoms with Gasteiger partial charge in [0.05, 0.1) is 0 Å². The van der Waals surface area contributed by atoms with E-state index in [0.29, 0.717) is 20.0 Å². The predicted molar refractivity (Wildman–Crippen MR) is 175 cm³/mol. The quantitative estimate of drug-likeness (QED) is 0.295. The van der Waals surface area contributed by atoms with Gasteiger partial charge in [-0.15, -0.1) is 0 Å². The second-order valence-corrected chi connectivity index (χ2v) is 11.6. The lowest BCUT2D eigenvalue weighted by molar-refractivity contribution is 0.171. The van der Waals surface area contributed by atoms with Crippen LogP contribution in [-0.2, 0) is 0 Å². The smallest absolute Gasteiger partial charge is 0.231 e. The van der Waals surface area contributed by atoms with Gasteiger partial charge < -0.3 is 24.3 Å². The second kappa shape index (κ2) is 21.2. The highest BCUT2D eigenvalue weighted by Gasteiger charge is 2.09. The van der Waals surface area contributed by atoms with Gasteiger partial charge in [-0.25, -0.2) is 0 Å². The summed E-state index contributed by atoms with van der Waals surface area (Å²) in [5.74, 6) is 5.90. The molecule has 3 aliphatic heterocycles. The summed E-state index contributed by atoms with van der Waals surface area (Å²) in [4.78, 5) is 0. The molecule has 3 aliphatic rings. The summed E-state index contributed by atoms with van der Waals surface area (Å²) in [6.07, 6.45) is 4.27. The maximum absolute atomic E-state index is 5.30. The lowest BCUT2D eigenvalue weighted by Crippen LogP contribution is -2.14. The number of anilines is 1. The molecule has 5 nitrogen and oxygen atoms in total. The van der Waals surface area contributed by atoms with Crippen molar-refractivity contribution in [1.82, 2.24) is 0 Å². The van der Waals surface area contributed by atoms with Gasteiger partial charge in [-0.1, -0.05) is 117 Å². The van der Waals surface area contributed by atoms with Crippen molar-refractivity contribution in [1.29, 1.82) is 0 Å². The maximum atomic E-state index is 5.30. The fraction of sp³-hybridized carbons (Fsp3) is 0.444. The molecule has 226 valence electrons. The van der Waals surface area contributed by atoms with Gasteiger partial charge in [-0.3, -0.25) is 0 Å². The molecule has 0 radical (unpaired) electrons. The van der Waals surface area contributed by atoms with Gasteiger partial charge in [-0.2, -0.15) is 0 Å². The molecule has 0 atom stereocenters. The van der Waals surface area contributed by atoms with Crippen molar-refractivity contribution in [3.8, 4) is 23.0 Å². The molecule has 6 rings (SSSR count). The normalized spacial score (nSPS) is 12.7. The molecule has 0 spiro atoms. The number of ether oxygens (including phenoxy) is 4. The molecular formula is C36H53NO4. The molecule has 3 aromatic carbocycles. The van der Waals surface area contributed by atoms with Crippen LogP contribution in [0.5, 0.6) is 23.0 Å². The summed E-state index contributed by atoms with van der Waals surface area (Å²) in [5.41, 5.74) is 2.53. The van der Waals surface area contributed by atoms with E-state index in [4.69, 9.17) is 18.9 Å². The largest absolute Gasteiger partial charge is 0.486 e. The molecule has 0 unspecified atom stereocenters. The van der Waals surface area contributed by atoms with Crippen molar-refractivity contribution >= 4 is 11.8 Å².